The Bertz CT molecular complexity index is 1410. The number of likely N-dealkylation sites (N-methyl/N-ethyl adjacent to an activating group) is 1. The fraction of sp³-hybridized carbons (Fsp3) is 0.611. The molecule has 0 radical (unpaired) electrons. The number of hydrogen-bond acceptors (Lipinski definition) is 11. The highest BCUT2D eigenvalue weighted by Gasteiger charge is 2.47. The van der Waals surface area contributed by atoms with E-state index in [4.69, 9.17) is 28.5 Å². The topological polar surface area (TPSA) is 155 Å². The molecule has 2 rings (SSSR count). The highest BCUT2D eigenvalue weighted by molar-refractivity contribution is 5.78. The number of rotatable bonds is 21. The Hall–Kier alpha value is -4.28. The molecular weight excluding hydrogens is 632 g/mol. The van der Waals surface area contributed by atoms with Gasteiger partial charge in [-0.15, -0.1) is 10.1 Å². The van der Waals surface area contributed by atoms with E-state index in [2.05, 4.69) is 16.3 Å². The summed E-state index contributed by atoms with van der Waals surface area (Å²) in [7, 11) is 8.10. The van der Waals surface area contributed by atoms with Crippen LogP contribution >= 0.6 is 0 Å². The van der Waals surface area contributed by atoms with Crippen LogP contribution in [-0.2, 0) is 26.2 Å². The Morgan fingerprint density at radius 2 is 1.61 bits per heavy atom. The lowest BCUT2D eigenvalue weighted by Gasteiger charge is -2.43. The Morgan fingerprint density at radius 3 is 2.12 bits per heavy atom. The van der Waals surface area contributed by atoms with E-state index in [-0.39, 0.29) is 12.5 Å². The van der Waals surface area contributed by atoms with Crippen molar-refractivity contribution in [2.75, 3.05) is 55.2 Å². The Kier molecular flexibility index (Phi) is 15.0. The molecule has 0 aromatic heterocycles. The molecule has 272 valence electrons. The van der Waals surface area contributed by atoms with Crippen molar-refractivity contribution in [2.24, 2.45) is 5.92 Å². The van der Waals surface area contributed by atoms with Crippen LogP contribution in [0, 0.1) is 27.4 Å². The maximum atomic E-state index is 12.3. The number of ether oxygens (including phenoxy) is 5. The van der Waals surface area contributed by atoms with Gasteiger partial charge in [-0.25, -0.2) is 0 Å². The third-order valence-electron chi connectivity index (χ3n) is 8.80. The first-order chi connectivity index (χ1) is 23.0. The van der Waals surface area contributed by atoms with Gasteiger partial charge in [0.2, 0.25) is 11.7 Å². The average Bonchev–Trinajstić information content (AvgIpc) is 3.03. The van der Waals surface area contributed by atoms with E-state index in [1.165, 1.54) is 7.11 Å². The standard InChI is InChI=1S/C36H54N4O9/c1-25(2)36(24-37,27-21-29(45-9)32(47-11)30(22-27)46-10)18-14-19-39(7)20-17-26-15-12-13-16-28(26)48-35(5,6)33(49-40(42)43)34(3,4)38-31(41)23-44-8/h12-13,15-16,21-22,25,33H,14,17-20,23H2,1-11H3,(H,38,41). The fourth-order valence-electron chi connectivity index (χ4n) is 6.36. The molecule has 13 nitrogen and oxygen atoms in total. The van der Waals surface area contributed by atoms with Gasteiger partial charge in [0.1, 0.15) is 18.0 Å². The molecule has 2 atom stereocenters. The number of hydrogen-bond donors (Lipinski definition) is 1. The van der Waals surface area contributed by atoms with Gasteiger partial charge in [-0.05, 0) is 95.8 Å². The lowest BCUT2D eigenvalue weighted by molar-refractivity contribution is -0.774. The number of carbonyl (C=O) groups excluding carboxylic acids is 1. The maximum absolute atomic E-state index is 12.3. The zero-order chi connectivity index (χ0) is 37.0. The predicted molar refractivity (Wildman–Crippen MR) is 186 cm³/mol. The lowest BCUT2D eigenvalue weighted by atomic mass is 9.69. The molecule has 0 aliphatic rings. The summed E-state index contributed by atoms with van der Waals surface area (Å²) in [6, 6.07) is 13.9. The number of benzene rings is 2. The highest BCUT2D eigenvalue weighted by Crippen LogP contribution is 2.45. The molecular formula is C36H54N4O9. The molecule has 0 aliphatic heterocycles. The first kappa shape index (κ1) is 40.9. The number of nitrogens with zero attached hydrogens (tertiary/aromatic N) is 3. The van der Waals surface area contributed by atoms with Gasteiger partial charge < -0.3 is 38.7 Å². The minimum Gasteiger partial charge on any atom is -0.493 e. The smallest absolute Gasteiger partial charge is 0.295 e. The van der Waals surface area contributed by atoms with Crippen molar-refractivity contribution in [3.8, 4) is 29.1 Å². The molecule has 0 spiro atoms. The highest BCUT2D eigenvalue weighted by atomic mass is 17.0. The van der Waals surface area contributed by atoms with E-state index in [0.29, 0.717) is 42.4 Å². The van der Waals surface area contributed by atoms with Crippen molar-refractivity contribution < 1.29 is 38.4 Å². The van der Waals surface area contributed by atoms with E-state index in [1.54, 1.807) is 49.0 Å². The molecule has 0 saturated carbocycles. The van der Waals surface area contributed by atoms with E-state index in [0.717, 1.165) is 24.1 Å². The van der Waals surface area contributed by atoms with Gasteiger partial charge in [0, 0.05) is 13.7 Å². The van der Waals surface area contributed by atoms with Crippen LogP contribution in [0.2, 0.25) is 0 Å². The van der Waals surface area contributed by atoms with Crippen molar-refractivity contribution in [2.45, 2.75) is 83.5 Å². The summed E-state index contributed by atoms with van der Waals surface area (Å²) in [4.78, 5) is 31.2. The molecule has 49 heavy (non-hydrogen) atoms. The molecule has 2 aromatic carbocycles. The molecule has 0 fully saturated rings. The molecule has 2 aromatic rings. The van der Waals surface area contributed by atoms with Gasteiger partial charge in [0.15, 0.2) is 17.6 Å². The first-order valence-electron chi connectivity index (χ1n) is 16.3. The second-order valence-corrected chi connectivity index (χ2v) is 13.5. The molecule has 13 heteroatoms. The van der Waals surface area contributed by atoms with E-state index >= 15 is 0 Å². The second-order valence-electron chi connectivity index (χ2n) is 13.5. The van der Waals surface area contributed by atoms with Crippen molar-refractivity contribution in [3.05, 3.63) is 57.6 Å². The summed E-state index contributed by atoms with van der Waals surface area (Å²) in [5, 5.41) is 24.0. The van der Waals surface area contributed by atoms with Crippen molar-refractivity contribution in [1.29, 1.82) is 5.26 Å². The Morgan fingerprint density at radius 1 is 1.00 bits per heavy atom. The van der Waals surface area contributed by atoms with Crippen LogP contribution in [0.25, 0.3) is 0 Å². The zero-order valence-corrected chi connectivity index (χ0v) is 30.9. The van der Waals surface area contributed by atoms with Crippen molar-refractivity contribution >= 4 is 5.91 Å². The van der Waals surface area contributed by atoms with E-state index in [9.17, 15) is 20.2 Å². The molecule has 0 saturated heterocycles. The molecule has 0 bridgehead atoms. The van der Waals surface area contributed by atoms with Gasteiger partial charge in [-0.2, -0.15) is 5.26 Å². The second kappa shape index (κ2) is 17.9. The number of para-hydroxylation sites is 1. The van der Waals surface area contributed by atoms with Crippen LogP contribution in [0.4, 0.5) is 0 Å². The van der Waals surface area contributed by atoms with Crippen LogP contribution < -0.4 is 24.3 Å². The summed E-state index contributed by atoms with van der Waals surface area (Å²) in [6.07, 6.45) is 0.844. The van der Waals surface area contributed by atoms with Gasteiger partial charge in [0.05, 0.1) is 38.4 Å². The lowest BCUT2D eigenvalue weighted by Crippen LogP contribution is -2.63. The molecule has 2 unspecified atom stereocenters. The van der Waals surface area contributed by atoms with Crippen LogP contribution in [-0.4, -0.2) is 88.3 Å². The largest absolute Gasteiger partial charge is 0.493 e. The molecule has 1 amide bonds. The molecule has 0 heterocycles. The first-order valence-corrected chi connectivity index (χ1v) is 16.3. The molecule has 0 aliphatic carbocycles. The van der Waals surface area contributed by atoms with Crippen LogP contribution in [0.5, 0.6) is 23.0 Å². The number of carbonyl (C=O) groups is 1. The minimum atomic E-state index is -1.23. The van der Waals surface area contributed by atoms with E-state index in [1.807, 2.05) is 57.3 Å². The maximum Gasteiger partial charge on any atom is 0.295 e. The van der Waals surface area contributed by atoms with Crippen LogP contribution in [0.15, 0.2) is 36.4 Å². The summed E-state index contributed by atoms with van der Waals surface area (Å²) < 4.78 is 28.0. The predicted octanol–water partition coefficient (Wildman–Crippen LogP) is 5.36. The third kappa shape index (κ3) is 10.6. The number of amides is 1. The monoisotopic (exact) mass is 686 g/mol. The zero-order valence-electron chi connectivity index (χ0n) is 30.9. The SMILES string of the molecule is COCC(=O)NC(C)(C)C(O[N+](=O)[O-])C(C)(C)Oc1ccccc1CCN(C)CCCC(C#N)(c1cc(OC)c(OC)c(OC)c1)C(C)C. The van der Waals surface area contributed by atoms with Crippen LogP contribution in [0.3, 0.4) is 0 Å². The quantitative estimate of drug-likeness (QED) is 0.133. The fourth-order valence-corrected chi connectivity index (χ4v) is 6.36. The van der Waals surface area contributed by atoms with Gasteiger partial charge in [0.25, 0.3) is 5.09 Å². The summed E-state index contributed by atoms with van der Waals surface area (Å²) >= 11 is 0. The van der Waals surface area contributed by atoms with Crippen molar-refractivity contribution in [3.63, 3.8) is 0 Å². The molecule has 1 N–H and O–H groups in total. The third-order valence-corrected chi connectivity index (χ3v) is 8.80. The van der Waals surface area contributed by atoms with Gasteiger partial charge >= 0.3 is 0 Å². The summed E-state index contributed by atoms with van der Waals surface area (Å²) in [6.45, 7) is 12.0. The van der Waals surface area contributed by atoms with Gasteiger partial charge in [-0.3, -0.25) is 4.79 Å². The Balaban J connectivity index is 2.20. The van der Waals surface area contributed by atoms with Crippen LogP contribution in [0.1, 0.15) is 65.5 Å². The minimum absolute atomic E-state index is 0.0133. The summed E-state index contributed by atoms with van der Waals surface area (Å²) in [5.41, 5.74) is -1.47. The number of methoxy groups -OCH3 is 4. The summed E-state index contributed by atoms with van der Waals surface area (Å²) in [5.74, 6) is 1.63. The number of nitriles is 1. The van der Waals surface area contributed by atoms with Gasteiger partial charge in [-0.1, -0.05) is 32.0 Å². The number of nitrogens with one attached hydrogen (secondary N) is 1. The normalized spacial score (nSPS) is 13.6. The Labute approximate surface area is 290 Å². The van der Waals surface area contributed by atoms with Crippen molar-refractivity contribution in [1.82, 2.24) is 10.2 Å². The average molecular weight is 687 g/mol. The van der Waals surface area contributed by atoms with E-state index < -0.39 is 33.7 Å².